The van der Waals surface area contributed by atoms with E-state index >= 15 is 0 Å². The standard InChI is InChI=1S/C15H14F3NO5S3/c16-15(17,18)26(20,21)19-27(22,23)24-13-7-8-14(25-9-3-4-10-25)12-6-2-1-5-11(12)13/h1-2,5-8H,3-4,9-10H2. The Kier molecular flexibility index (Phi) is 5.36. The molecule has 12 heteroatoms. The zero-order chi connectivity index (χ0) is 19.9. The summed E-state index contributed by atoms with van der Waals surface area (Å²) >= 11 is 0. The van der Waals surface area contributed by atoms with Gasteiger partial charge in [0.1, 0.15) is 17.3 Å². The van der Waals surface area contributed by atoms with Gasteiger partial charge in [-0.05, 0) is 31.0 Å². The van der Waals surface area contributed by atoms with Crippen LogP contribution in [0.25, 0.3) is 14.9 Å². The lowest BCUT2D eigenvalue weighted by Crippen LogP contribution is -2.25. The molecule has 148 valence electrons. The van der Waals surface area contributed by atoms with Crippen molar-refractivity contribution < 1.29 is 34.2 Å². The van der Waals surface area contributed by atoms with Crippen molar-refractivity contribution >= 4 is 42.0 Å². The van der Waals surface area contributed by atoms with Gasteiger partial charge in [0.25, 0.3) is 0 Å². The number of benzene rings is 2. The molecule has 1 saturated heterocycles. The number of hydrogen-bond donors (Lipinski definition) is 0. The number of sulfonamides is 1. The summed E-state index contributed by atoms with van der Waals surface area (Å²) < 4.78 is 89.2. The molecular weight excluding hydrogens is 427 g/mol. The third-order valence-corrected chi connectivity index (χ3v) is 8.89. The van der Waals surface area contributed by atoms with Crippen molar-refractivity contribution in [3.05, 3.63) is 40.5 Å². The Morgan fingerprint density at radius 3 is 2.11 bits per heavy atom. The fourth-order valence-corrected chi connectivity index (χ4v) is 7.03. The van der Waals surface area contributed by atoms with Crippen LogP contribution in [-0.4, -0.2) is 33.8 Å². The molecule has 0 aliphatic carbocycles. The average molecular weight is 441 g/mol. The second-order valence-corrected chi connectivity index (χ2v) is 11.0. The van der Waals surface area contributed by atoms with Gasteiger partial charge in [0.15, 0.2) is 14.9 Å². The van der Waals surface area contributed by atoms with Crippen LogP contribution in [-0.2, 0) is 31.2 Å². The Morgan fingerprint density at radius 2 is 1.52 bits per heavy atom. The van der Waals surface area contributed by atoms with Gasteiger partial charge in [-0.3, -0.25) is 0 Å². The number of alkyl halides is 3. The Morgan fingerprint density at radius 1 is 0.926 bits per heavy atom. The lowest BCUT2D eigenvalue weighted by Gasteiger charge is -2.22. The van der Waals surface area contributed by atoms with E-state index in [-0.39, 0.29) is 16.6 Å². The zero-order valence-electron chi connectivity index (χ0n) is 13.6. The van der Waals surface area contributed by atoms with E-state index in [1.165, 1.54) is 6.07 Å². The second kappa shape index (κ2) is 7.15. The molecule has 0 radical (unpaired) electrons. The Hall–Kier alpha value is -1.50. The second-order valence-electron chi connectivity index (χ2n) is 5.72. The van der Waals surface area contributed by atoms with Gasteiger partial charge in [-0.1, -0.05) is 18.2 Å². The molecule has 0 amide bonds. The van der Waals surface area contributed by atoms with Crippen LogP contribution in [0, 0.1) is 0 Å². The lowest BCUT2D eigenvalue weighted by atomic mass is 10.1. The molecule has 1 aliphatic rings. The molecule has 1 aliphatic heterocycles. The van der Waals surface area contributed by atoms with Crippen LogP contribution >= 0.6 is 0 Å². The predicted molar refractivity (Wildman–Crippen MR) is 96.4 cm³/mol. The molecular formula is C15H14F3NO5S3. The summed E-state index contributed by atoms with van der Waals surface area (Å²) in [5.74, 6) is 1.75. The molecule has 3 rings (SSSR count). The summed E-state index contributed by atoms with van der Waals surface area (Å²) in [4.78, 5) is 1.02. The van der Waals surface area contributed by atoms with Gasteiger partial charge in [-0.25, -0.2) is 16.8 Å². The molecule has 6 nitrogen and oxygen atoms in total. The van der Waals surface area contributed by atoms with Gasteiger partial charge < -0.3 is 8.31 Å². The van der Waals surface area contributed by atoms with Crippen LogP contribution < -0.4 is 4.18 Å². The van der Waals surface area contributed by atoms with E-state index in [9.17, 15) is 30.0 Å². The van der Waals surface area contributed by atoms with Crippen molar-refractivity contribution in [2.75, 3.05) is 11.5 Å². The first-order chi connectivity index (χ1) is 12.5. The van der Waals surface area contributed by atoms with Crippen LogP contribution in [0.3, 0.4) is 0 Å². The molecule has 0 aromatic heterocycles. The number of hydrogen-bond acceptors (Lipinski definition) is 5. The first-order valence-corrected chi connectivity index (χ1v) is 12.1. The zero-order valence-corrected chi connectivity index (χ0v) is 16.1. The van der Waals surface area contributed by atoms with E-state index in [2.05, 4.69) is 4.18 Å². The monoisotopic (exact) mass is 441 g/mol. The van der Waals surface area contributed by atoms with Crippen LogP contribution in [0.5, 0.6) is 5.75 Å². The van der Waals surface area contributed by atoms with Crippen LogP contribution in [0.15, 0.2) is 41.3 Å². The molecule has 2 aromatic carbocycles. The van der Waals surface area contributed by atoms with E-state index in [1.807, 2.05) is 4.13 Å². The predicted octanol–water partition coefficient (Wildman–Crippen LogP) is 3.46. The largest absolute Gasteiger partial charge is 0.480 e. The molecule has 0 N–H and O–H groups in total. The van der Waals surface area contributed by atoms with E-state index in [4.69, 9.17) is 0 Å². The third kappa shape index (κ3) is 4.33. The number of nitrogens with zero attached hydrogens (tertiary/aromatic N) is 1. The van der Waals surface area contributed by atoms with Crippen molar-refractivity contribution in [2.24, 2.45) is 0 Å². The SMILES string of the molecule is O=S(=O)([N-]S(=O)(=O)C(F)(F)F)Oc1ccc([S+]2CCCC2)c2ccccc12. The number of halogens is 3. The van der Waals surface area contributed by atoms with Crippen molar-refractivity contribution in [2.45, 2.75) is 23.2 Å². The van der Waals surface area contributed by atoms with Crippen molar-refractivity contribution in [3.63, 3.8) is 0 Å². The van der Waals surface area contributed by atoms with Gasteiger partial charge in [0.05, 0.1) is 0 Å². The third-order valence-electron chi connectivity index (χ3n) is 3.86. The van der Waals surface area contributed by atoms with Gasteiger partial charge in [-0.15, -0.1) is 0 Å². The summed E-state index contributed by atoms with van der Waals surface area (Å²) in [6, 6.07) is 9.67. The van der Waals surface area contributed by atoms with Crippen molar-refractivity contribution in [3.8, 4) is 5.75 Å². The number of fused-ring (bicyclic) bond motifs is 1. The highest BCUT2D eigenvalue weighted by molar-refractivity contribution is 8.10. The maximum absolute atomic E-state index is 12.4. The van der Waals surface area contributed by atoms with E-state index in [0.29, 0.717) is 10.8 Å². The van der Waals surface area contributed by atoms with Gasteiger partial charge in [0, 0.05) is 21.7 Å². The van der Waals surface area contributed by atoms with Crippen LogP contribution in [0.4, 0.5) is 13.2 Å². The average Bonchev–Trinajstić information content (AvgIpc) is 3.07. The summed E-state index contributed by atoms with van der Waals surface area (Å²) in [5.41, 5.74) is -5.83. The summed E-state index contributed by atoms with van der Waals surface area (Å²) in [6.07, 6.45) is 2.19. The van der Waals surface area contributed by atoms with Crippen LogP contribution in [0.2, 0.25) is 0 Å². The Bertz CT molecular complexity index is 1060. The maximum atomic E-state index is 12.4. The van der Waals surface area contributed by atoms with Gasteiger partial charge >= 0.3 is 5.51 Å². The lowest BCUT2D eigenvalue weighted by molar-refractivity contribution is -0.0425. The van der Waals surface area contributed by atoms with E-state index < -0.39 is 25.8 Å². The molecule has 27 heavy (non-hydrogen) atoms. The quantitative estimate of drug-likeness (QED) is 0.663. The molecule has 0 saturated carbocycles. The number of rotatable bonds is 5. The molecule has 0 unspecified atom stereocenters. The summed E-state index contributed by atoms with van der Waals surface area (Å²) in [5, 5.41) is 1.08. The highest BCUT2D eigenvalue weighted by Gasteiger charge is 2.41. The molecule has 0 atom stereocenters. The smallest absolute Gasteiger partial charge is 0.394 e. The van der Waals surface area contributed by atoms with Gasteiger partial charge in [0.2, 0.25) is 10.3 Å². The topological polar surface area (TPSA) is 91.6 Å². The Balaban J connectivity index is 1.97. The molecule has 2 aromatic rings. The molecule has 0 spiro atoms. The highest BCUT2D eigenvalue weighted by atomic mass is 32.3. The summed E-state index contributed by atoms with van der Waals surface area (Å²) in [6.45, 7) is 0. The molecule has 1 heterocycles. The minimum absolute atomic E-state index is 0.00261. The highest BCUT2D eigenvalue weighted by Crippen LogP contribution is 2.37. The van der Waals surface area contributed by atoms with Crippen LogP contribution in [0.1, 0.15) is 12.8 Å². The summed E-state index contributed by atoms with van der Waals surface area (Å²) in [7, 11) is -11.6. The fourth-order valence-electron chi connectivity index (χ4n) is 2.73. The first kappa shape index (κ1) is 20.2. The van der Waals surface area contributed by atoms with Crippen molar-refractivity contribution in [1.82, 2.24) is 0 Å². The molecule has 1 fully saturated rings. The fraction of sp³-hybridized carbons (Fsp3) is 0.333. The van der Waals surface area contributed by atoms with Gasteiger partial charge in [-0.2, -0.15) is 13.2 Å². The minimum Gasteiger partial charge on any atom is -0.394 e. The van der Waals surface area contributed by atoms with Crippen molar-refractivity contribution in [1.29, 1.82) is 0 Å². The minimum atomic E-state index is -6.24. The first-order valence-electron chi connectivity index (χ1n) is 7.69. The van der Waals surface area contributed by atoms with E-state index in [0.717, 1.165) is 29.2 Å². The van der Waals surface area contributed by atoms with E-state index in [1.54, 1.807) is 30.3 Å². The normalized spacial score (nSPS) is 16.7. The molecule has 0 bridgehead atoms. The Labute approximate surface area is 157 Å². The maximum Gasteiger partial charge on any atom is 0.480 e.